The van der Waals surface area contributed by atoms with E-state index in [2.05, 4.69) is 21.8 Å². The monoisotopic (exact) mass is 431 g/mol. The van der Waals surface area contributed by atoms with E-state index < -0.39 is 0 Å². The van der Waals surface area contributed by atoms with Crippen LogP contribution in [0.5, 0.6) is 11.5 Å². The number of nitrogens with zero attached hydrogens (tertiary/aromatic N) is 2. The van der Waals surface area contributed by atoms with E-state index in [0.29, 0.717) is 42.0 Å². The number of nitrogens with one attached hydrogen (secondary N) is 1. The van der Waals surface area contributed by atoms with Crippen molar-refractivity contribution in [2.75, 3.05) is 19.0 Å². The van der Waals surface area contributed by atoms with Gasteiger partial charge in [0.05, 0.1) is 35.0 Å². The SMILES string of the molecule is CCn1c(SCC(=O)NCc2cc(Cl)c3c(c2)OCCCO3)nc2ccccc21. The Morgan fingerprint density at radius 2 is 2.10 bits per heavy atom. The first kappa shape index (κ1) is 19.9. The molecule has 0 fully saturated rings. The van der Waals surface area contributed by atoms with Gasteiger partial charge in [0.1, 0.15) is 0 Å². The zero-order valence-corrected chi connectivity index (χ0v) is 17.7. The van der Waals surface area contributed by atoms with Crippen LogP contribution in [0.2, 0.25) is 5.02 Å². The first-order valence-corrected chi connectivity index (χ1v) is 10.9. The summed E-state index contributed by atoms with van der Waals surface area (Å²) in [4.78, 5) is 17.0. The Labute approximate surface area is 178 Å². The van der Waals surface area contributed by atoms with E-state index in [4.69, 9.17) is 21.1 Å². The molecule has 0 saturated heterocycles. The summed E-state index contributed by atoms with van der Waals surface area (Å²) in [6, 6.07) is 11.7. The number of carbonyl (C=O) groups is 1. The quantitative estimate of drug-likeness (QED) is 0.590. The lowest BCUT2D eigenvalue weighted by Gasteiger charge is -2.12. The molecule has 1 aliphatic rings. The van der Waals surface area contributed by atoms with E-state index in [9.17, 15) is 4.79 Å². The molecule has 1 amide bonds. The largest absolute Gasteiger partial charge is 0.489 e. The molecule has 0 unspecified atom stereocenters. The summed E-state index contributed by atoms with van der Waals surface area (Å²) in [5.74, 6) is 1.44. The van der Waals surface area contributed by atoms with Crippen molar-refractivity contribution in [1.29, 1.82) is 0 Å². The number of rotatable bonds is 6. The van der Waals surface area contributed by atoms with Crippen molar-refractivity contribution in [2.45, 2.75) is 31.6 Å². The van der Waals surface area contributed by atoms with Crippen LogP contribution in [-0.4, -0.2) is 34.4 Å². The summed E-state index contributed by atoms with van der Waals surface area (Å²) in [7, 11) is 0. The average Bonchev–Trinajstić information content (AvgIpc) is 2.90. The van der Waals surface area contributed by atoms with Crippen molar-refractivity contribution >= 4 is 40.3 Å². The molecule has 2 heterocycles. The van der Waals surface area contributed by atoms with Gasteiger partial charge in [-0.05, 0) is 36.8 Å². The number of halogens is 1. The molecule has 152 valence electrons. The van der Waals surface area contributed by atoms with E-state index in [-0.39, 0.29) is 5.91 Å². The van der Waals surface area contributed by atoms with Gasteiger partial charge < -0.3 is 19.4 Å². The molecule has 3 aromatic rings. The predicted octanol–water partition coefficient (Wildman–Crippen LogP) is 4.28. The molecular formula is C21H22ClN3O3S. The lowest BCUT2D eigenvalue weighted by molar-refractivity contribution is -0.118. The summed E-state index contributed by atoms with van der Waals surface area (Å²) in [6.45, 7) is 4.43. The number of aromatic nitrogens is 2. The fraction of sp³-hybridized carbons (Fsp3) is 0.333. The van der Waals surface area contributed by atoms with Crippen molar-refractivity contribution in [1.82, 2.24) is 14.9 Å². The molecule has 0 bridgehead atoms. The molecule has 0 aliphatic carbocycles. The first-order valence-electron chi connectivity index (χ1n) is 9.58. The summed E-state index contributed by atoms with van der Waals surface area (Å²) in [6.07, 6.45) is 0.816. The Balaban J connectivity index is 1.37. The van der Waals surface area contributed by atoms with E-state index >= 15 is 0 Å². The minimum Gasteiger partial charge on any atom is -0.489 e. The molecule has 0 radical (unpaired) electrons. The zero-order valence-electron chi connectivity index (χ0n) is 16.1. The molecule has 1 N–H and O–H groups in total. The van der Waals surface area contributed by atoms with Crippen LogP contribution in [0.25, 0.3) is 11.0 Å². The number of fused-ring (bicyclic) bond motifs is 2. The van der Waals surface area contributed by atoms with Crippen molar-refractivity contribution in [3.05, 3.63) is 47.0 Å². The van der Waals surface area contributed by atoms with E-state index in [1.165, 1.54) is 11.8 Å². The van der Waals surface area contributed by atoms with Crippen LogP contribution in [0, 0.1) is 0 Å². The third-order valence-electron chi connectivity index (χ3n) is 4.62. The van der Waals surface area contributed by atoms with Gasteiger partial charge in [0.15, 0.2) is 16.7 Å². The van der Waals surface area contributed by atoms with Crippen LogP contribution in [0.15, 0.2) is 41.6 Å². The smallest absolute Gasteiger partial charge is 0.230 e. The molecule has 6 nitrogen and oxygen atoms in total. The Kier molecular flexibility index (Phi) is 6.16. The maximum Gasteiger partial charge on any atom is 0.230 e. The van der Waals surface area contributed by atoms with Gasteiger partial charge in [-0.25, -0.2) is 4.98 Å². The number of benzene rings is 2. The van der Waals surface area contributed by atoms with Crippen molar-refractivity contribution in [3.63, 3.8) is 0 Å². The minimum absolute atomic E-state index is 0.0621. The molecule has 0 saturated carbocycles. The standard InChI is InChI=1S/C21H22ClN3O3S/c1-2-25-17-7-4-3-6-16(17)24-21(25)29-13-19(26)23-12-14-10-15(22)20-18(11-14)27-8-5-9-28-20/h3-4,6-7,10-11H,2,5,8-9,12-13H2,1H3,(H,23,26). The van der Waals surface area contributed by atoms with Gasteiger partial charge >= 0.3 is 0 Å². The molecule has 0 atom stereocenters. The van der Waals surface area contributed by atoms with Gasteiger partial charge in [0.2, 0.25) is 5.91 Å². The number of amides is 1. The lowest BCUT2D eigenvalue weighted by Crippen LogP contribution is -2.24. The van der Waals surface area contributed by atoms with Crippen LogP contribution in [0.4, 0.5) is 0 Å². The zero-order chi connectivity index (χ0) is 20.2. The van der Waals surface area contributed by atoms with Gasteiger partial charge in [0, 0.05) is 19.5 Å². The second-order valence-corrected chi connectivity index (χ2v) is 8.00. The highest BCUT2D eigenvalue weighted by atomic mass is 35.5. The molecule has 29 heavy (non-hydrogen) atoms. The number of hydrogen-bond acceptors (Lipinski definition) is 5. The third-order valence-corrected chi connectivity index (χ3v) is 5.88. The van der Waals surface area contributed by atoms with Crippen LogP contribution in [0.3, 0.4) is 0 Å². The predicted molar refractivity (Wildman–Crippen MR) is 115 cm³/mol. The number of para-hydroxylation sites is 2. The highest BCUT2D eigenvalue weighted by molar-refractivity contribution is 7.99. The Hall–Kier alpha value is -2.38. The molecule has 4 rings (SSSR count). The van der Waals surface area contributed by atoms with E-state index in [0.717, 1.165) is 34.7 Å². The topological polar surface area (TPSA) is 65.4 Å². The van der Waals surface area contributed by atoms with Crippen LogP contribution in [-0.2, 0) is 17.9 Å². The minimum atomic E-state index is -0.0621. The van der Waals surface area contributed by atoms with Gasteiger partial charge in [-0.2, -0.15) is 0 Å². The Bertz CT molecular complexity index is 1040. The molecular weight excluding hydrogens is 410 g/mol. The molecule has 8 heteroatoms. The number of carbonyl (C=O) groups excluding carboxylic acids is 1. The molecule has 1 aromatic heterocycles. The Morgan fingerprint density at radius 3 is 2.97 bits per heavy atom. The van der Waals surface area contributed by atoms with Crippen molar-refractivity contribution < 1.29 is 14.3 Å². The number of aryl methyl sites for hydroxylation is 1. The van der Waals surface area contributed by atoms with E-state index in [1.807, 2.05) is 30.3 Å². The van der Waals surface area contributed by atoms with Gasteiger partial charge in [-0.3, -0.25) is 4.79 Å². The fourth-order valence-corrected chi connectivity index (χ4v) is 4.43. The lowest BCUT2D eigenvalue weighted by atomic mass is 10.2. The van der Waals surface area contributed by atoms with Gasteiger partial charge in [-0.1, -0.05) is 35.5 Å². The summed E-state index contributed by atoms with van der Waals surface area (Å²) in [5.41, 5.74) is 2.90. The van der Waals surface area contributed by atoms with E-state index in [1.54, 1.807) is 6.07 Å². The Morgan fingerprint density at radius 1 is 1.28 bits per heavy atom. The third kappa shape index (κ3) is 4.46. The van der Waals surface area contributed by atoms with Gasteiger partial charge in [0.25, 0.3) is 0 Å². The summed E-state index contributed by atoms with van der Waals surface area (Å²) >= 11 is 7.75. The number of imidazole rings is 1. The summed E-state index contributed by atoms with van der Waals surface area (Å²) in [5, 5.41) is 4.29. The number of thioether (sulfide) groups is 1. The number of hydrogen-bond donors (Lipinski definition) is 1. The molecule has 1 aliphatic heterocycles. The average molecular weight is 432 g/mol. The fourth-order valence-electron chi connectivity index (χ4n) is 3.24. The maximum absolute atomic E-state index is 12.4. The van der Waals surface area contributed by atoms with Gasteiger partial charge in [-0.15, -0.1) is 0 Å². The second kappa shape index (κ2) is 8.97. The maximum atomic E-state index is 12.4. The second-order valence-electron chi connectivity index (χ2n) is 6.65. The van der Waals surface area contributed by atoms with Crippen molar-refractivity contribution in [3.8, 4) is 11.5 Å². The normalized spacial score (nSPS) is 13.3. The first-order chi connectivity index (χ1) is 14.2. The highest BCUT2D eigenvalue weighted by Gasteiger charge is 2.16. The van der Waals surface area contributed by atoms with Crippen LogP contribution >= 0.6 is 23.4 Å². The molecule has 2 aromatic carbocycles. The van der Waals surface area contributed by atoms with Crippen LogP contribution in [0.1, 0.15) is 18.9 Å². The van der Waals surface area contributed by atoms with Crippen LogP contribution < -0.4 is 14.8 Å². The van der Waals surface area contributed by atoms with Crippen molar-refractivity contribution in [2.24, 2.45) is 0 Å². The summed E-state index contributed by atoms with van der Waals surface area (Å²) < 4.78 is 13.5. The highest BCUT2D eigenvalue weighted by Crippen LogP contribution is 2.38. The number of ether oxygens (including phenoxy) is 2. The molecule has 0 spiro atoms.